The zero-order valence-electron chi connectivity index (χ0n) is 9.77. The van der Waals surface area contributed by atoms with Crippen molar-refractivity contribution in [3.05, 3.63) is 34.0 Å². The number of aromatic nitrogens is 3. The molecular weight excluding hydrogens is 220 g/mol. The molecule has 4 nitrogen and oxygen atoms in total. The third kappa shape index (κ3) is 2.68. The van der Waals surface area contributed by atoms with Crippen molar-refractivity contribution >= 4 is 11.3 Å². The van der Waals surface area contributed by atoms with Gasteiger partial charge in [0.25, 0.3) is 0 Å². The molecule has 2 aromatic rings. The normalized spacial score (nSPS) is 12.9. The van der Waals surface area contributed by atoms with E-state index in [1.165, 1.54) is 10.4 Å². The Balaban J connectivity index is 1.91. The molecule has 1 N–H and O–H groups in total. The SMILES string of the molecule is Cc1cnc(CNC(C)c2cnn(C)c2)s1. The second kappa shape index (κ2) is 4.76. The van der Waals surface area contributed by atoms with Gasteiger partial charge in [0.05, 0.1) is 6.20 Å². The molecule has 16 heavy (non-hydrogen) atoms. The highest BCUT2D eigenvalue weighted by Crippen LogP contribution is 2.14. The average molecular weight is 236 g/mol. The molecule has 0 aliphatic carbocycles. The predicted molar refractivity (Wildman–Crippen MR) is 65.3 cm³/mol. The van der Waals surface area contributed by atoms with Gasteiger partial charge in [0.15, 0.2) is 0 Å². The first-order chi connectivity index (χ1) is 7.65. The van der Waals surface area contributed by atoms with Gasteiger partial charge in [-0.1, -0.05) is 0 Å². The lowest BCUT2D eigenvalue weighted by molar-refractivity contribution is 0.572. The van der Waals surface area contributed by atoms with Crippen molar-refractivity contribution < 1.29 is 0 Å². The molecule has 2 heterocycles. The summed E-state index contributed by atoms with van der Waals surface area (Å²) in [7, 11) is 1.93. The minimum Gasteiger partial charge on any atom is -0.304 e. The molecule has 0 aromatic carbocycles. The Labute approximate surface area is 99.3 Å². The molecule has 0 bridgehead atoms. The van der Waals surface area contributed by atoms with E-state index in [-0.39, 0.29) is 0 Å². The van der Waals surface area contributed by atoms with Gasteiger partial charge in [0.2, 0.25) is 0 Å². The maximum Gasteiger partial charge on any atom is 0.107 e. The highest BCUT2D eigenvalue weighted by atomic mass is 32.1. The summed E-state index contributed by atoms with van der Waals surface area (Å²) in [6.45, 7) is 5.03. The summed E-state index contributed by atoms with van der Waals surface area (Å²) in [6.07, 6.45) is 5.84. The first-order valence-corrected chi connectivity index (χ1v) is 6.10. The van der Waals surface area contributed by atoms with Crippen LogP contribution in [0.3, 0.4) is 0 Å². The summed E-state index contributed by atoms with van der Waals surface area (Å²) >= 11 is 1.74. The molecule has 0 fully saturated rings. The second-order valence-corrected chi connectivity index (χ2v) is 5.23. The first-order valence-electron chi connectivity index (χ1n) is 5.28. The molecule has 0 amide bonds. The van der Waals surface area contributed by atoms with Crippen molar-refractivity contribution in [2.75, 3.05) is 0 Å². The number of hydrogen-bond donors (Lipinski definition) is 1. The molecular formula is C11H16N4S. The Morgan fingerprint density at radius 1 is 1.50 bits per heavy atom. The van der Waals surface area contributed by atoms with E-state index < -0.39 is 0 Å². The smallest absolute Gasteiger partial charge is 0.107 e. The Morgan fingerprint density at radius 2 is 2.31 bits per heavy atom. The monoisotopic (exact) mass is 236 g/mol. The van der Waals surface area contributed by atoms with Crippen molar-refractivity contribution in [2.24, 2.45) is 7.05 Å². The molecule has 1 unspecified atom stereocenters. The highest BCUT2D eigenvalue weighted by molar-refractivity contribution is 7.11. The maximum absolute atomic E-state index is 4.32. The molecule has 1 atom stereocenters. The van der Waals surface area contributed by atoms with Crippen LogP contribution in [0.25, 0.3) is 0 Å². The van der Waals surface area contributed by atoms with E-state index in [4.69, 9.17) is 0 Å². The fourth-order valence-corrected chi connectivity index (χ4v) is 2.24. The molecule has 0 aliphatic heterocycles. The van der Waals surface area contributed by atoms with E-state index in [2.05, 4.69) is 29.2 Å². The third-order valence-electron chi connectivity index (χ3n) is 2.45. The standard InChI is InChI=1S/C11H16N4S/c1-8-4-13-11(16-8)6-12-9(2)10-5-14-15(3)7-10/h4-5,7,9,12H,6H2,1-3H3. The van der Waals surface area contributed by atoms with Crippen LogP contribution < -0.4 is 5.32 Å². The van der Waals surface area contributed by atoms with E-state index in [0.717, 1.165) is 11.6 Å². The molecule has 0 spiro atoms. The summed E-state index contributed by atoms with van der Waals surface area (Å²) in [5, 5.41) is 8.73. The number of rotatable bonds is 4. The highest BCUT2D eigenvalue weighted by Gasteiger charge is 2.07. The lowest BCUT2D eigenvalue weighted by Gasteiger charge is -2.09. The first kappa shape index (κ1) is 11.3. The Bertz CT molecular complexity index is 460. The van der Waals surface area contributed by atoms with Gasteiger partial charge in [0.1, 0.15) is 5.01 Å². The van der Waals surface area contributed by atoms with Gasteiger partial charge in [-0.2, -0.15) is 5.10 Å². The number of thiazole rings is 1. The van der Waals surface area contributed by atoms with E-state index in [0.29, 0.717) is 6.04 Å². The van der Waals surface area contributed by atoms with E-state index in [9.17, 15) is 0 Å². The molecule has 86 valence electrons. The van der Waals surface area contributed by atoms with Gasteiger partial charge in [-0.3, -0.25) is 4.68 Å². The average Bonchev–Trinajstić information content (AvgIpc) is 2.84. The quantitative estimate of drug-likeness (QED) is 0.883. The minimum absolute atomic E-state index is 0.304. The van der Waals surface area contributed by atoms with Gasteiger partial charge in [-0.15, -0.1) is 11.3 Å². The maximum atomic E-state index is 4.32. The fraction of sp³-hybridized carbons (Fsp3) is 0.455. The number of nitrogens with zero attached hydrogens (tertiary/aromatic N) is 3. The van der Waals surface area contributed by atoms with Crippen molar-refractivity contribution in [1.82, 2.24) is 20.1 Å². The summed E-state index contributed by atoms with van der Waals surface area (Å²) in [5.74, 6) is 0. The molecule has 0 radical (unpaired) electrons. The van der Waals surface area contributed by atoms with Gasteiger partial charge in [0, 0.05) is 42.5 Å². The van der Waals surface area contributed by atoms with Gasteiger partial charge in [-0.25, -0.2) is 4.98 Å². The third-order valence-corrected chi connectivity index (χ3v) is 3.37. The number of aryl methyl sites for hydroxylation is 2. The molecule has 0 saturated heterocycles. The zero-order valence-corrected chi connectivity index (χ0v) is 10.6. The Hall–Kier alpha value is -1.20. The van der Waals surface area contributed by atoms with Crippen LogP contribution in [0.15, 0.2) is 18.6 Å². The zero-order chi connectivity index (χ0) is 11.5. The van der Waals surface area contributed by atoms with Crippen LogP contribution in [0.2, 0.25) is 0 Å². The van der Waals surface area contributed by atoms with Gasteiger partial charge >= 0.3 is 0 Å². The van der Waals surface area contributed by atoms with Crippen LogP contribution in [0.5, 0.6) is 0 Å². The van der Waals surface area contributed by atoms with Crippen LogP contribution in [-0.4, -0.2) is 14.8 Å². The molecule has 0 saturated carbocycles. The largest absolute Gasteiger partial charge is 0.304 e. The van der Waals surface area contributed by atoms with E-state index in [1.807, 2.05) is 30.3 Å². The van der Waals surface area contributed by atoms with E-state index in [1.54, 1.807) is 11.3 Å². The fourth-order valence-electron chi connectivity index (χ4n) is 1.51. The minimum atomic E-state index is 0.304. The Morgan fingerprint density at radius 3 is 2.88 bits per heavy atom. The topological polar surface area (TPSA) is 42.7 Å². The van der Waals surface area contributed by atoms with Crippen molar-refractivity contribution in [3.8, 4) is 0 Å². The number of nitrogens with one attached hydrogen (secondary N) is 1. The number of hydrogen-bond acceptors (Lipinski definition) is 4. The van der Waals surface area contributed by atoms with Crippen LogP contribution in [-0.2, 0) is 13.6 Å². The second-order valence-electron chi connectivity index (χ2n) is 3.91. The lowest BCUT2D eigenvalue weighted by Crippen LogP contribution is -2.17. The van der Waals surface area contributed by atoms with Crippen molar-refractivity contribution in [1.29, 1.82) is 0 Å². The van der Waals surface area contributed by atoms with Crippen LogP contribution >= 0.6 is 11.3 Å². The van der Waals surface area contributed by atoms with Crippen molar-refractivity contribution in [2.45, 2.75) is 26.4 Å². The summed E-state index contributed by atoms with van der Waals surface area (Å²) in [6, 6.07) is 0.304. The molecule has 5 heteroatoms. The summed E-state index contributed by atoms with van der Waals surface area (Å²) in [5.41, 5.74) is 1.20. The lowest BCUT2D eigenvalue weighted by atomic mass is 10.2. The van der Waals surface area contributed by atoms with Crippen LogP contribution in [0.4, 0.5) is 0 Å². The molecule has 2 rings (SSSR count). The van der Waals surface area contributed by atoms with Crippen LogP contribution in [0.1, 0.15) is 28.4 Å². The van der Waals surface area contributed by atoms with E-state index >= 15 is 0 Å². The van der Waals surface area contributed by atoms with Gasteiger partial charge < -0.3 is 5.32 Å². The van der Waals surface area contributed by atoms with Gasteiger partial charge in [-0.05, 0) is 13.8 Å². The molecule has 0 aliphatic rings. The van der Waals surface area contributed by atoms with Crippen molar-refractivity contribution in [3.63, 3.8) is 0 Å². The Kier molecular flexibility index (Phi) is 3.36. The molecule has 2 aromatic heterocycles. The summed E-state index contributed by atoms with van der Waals surface area (Å²) in [4.78, 5) is 5.58. The predicted octanol–water partition coefficient (Wildman–Crippen LogP) is 2.04. The van der Waals surface area contributed by atoms with Crippen LogP contribution in [0, 0.1) is 6.92 Å². The summed E-state index contributed by atoms with van der Waals surface area (Å²) < 4.78 is 1.82.